The number of nitrogens with zero attached hydrogens (tertiary/aromatic N) is 1. The van der Waals surface area contributed by atoms with Crippen molar-refractivity contribution in [1.29, 1.82) is 0 Å². The molecule has 20 heavy (non-hydrogen) atoms. The van der Waals surface area contributed by atoms with Crippen LogP contribution in [0.2, 0.25) is 0 Å². The van der Waals surface area contributed by atoms with Gasteiger partial charge in [0.25, 0.3) is 0 Å². The summed E-state index contributed by atoms with van der Waals surface area (Å²) >= 11 is 0. The Balaban J connectivity index is 1.63. The largest absolute Gasteiger partial charge is 0.447 e. The van der Waals surface area contributed by atoms with Crippen LogP contribution in [0.3, 0.4) is 0 Å². The normalized spacial score (nSPS) is 19.6. The number of carbonyl (C=O) groups is 2. The molecule has 1 atom stereocenters. The van der Waals surface area contributed by atoms with Crippen molar-refractivity contribution in [3.63, 3.8) is 0 Å². The third-order valence-corrected chi connectivity index (χ3v) is 3.95. The zero-order valence-electron chi connectivity index (χ0n) is 11.5. The lowest BCUT2D eigenvalue weighted by molar-refractivity contribution is -0.119. The highest BCUT2D eigenvalue weighted by Gasteiger charge is 2.32. The molecule has 1 aliphatic carbocycles. The number of anilines is 2. The molecule has 0 radical (unpaired) electrons. The highest BCUT2D eigenvalue weighted by Crippen LogP contribution is 2.37. The first-order valence-corrected chi connectivity index (χ1v) is 7.00. The van der Waals surface area contributed by atoms with Gasteiger partial charge in [0.15, 0.2) is 0 Å². The Morgan fingerprint density at radius 3 is 2.60 bits per heavy atom. The maximum Gasteiger partial charge on any atom is 0.414 e. The second-order valence-electron chi connectivity index (χ2n) is 5.43. The number of ether oxygens (including phenoxy) is 1. The summed E-state index contributed by atoms with van der Waals surface area (Å²) in [5.41, 5.74) is 1.56. The lowest BCUT2D eigenvalue weighted by Gasteiger charge is -2.14. The lowest BCUT2D eigenvalue weighted by atomic mass is 10.1. The zero-order chi connectivity index (χ0) is 14.1. The second kappa shape index (κ2) is 5.15. The molecule has 2 fully saturated rings. The third kappa shape index (κ3) is 2.61. The van der Waals surface area contributed by atoms with Crippen LogP contribution >= 0.6 is 0 Å². The maximum atomic E-state index is 12.0. The first-order valence-electron chi connectivity index (χ1n) is 7.00. The Labute approximate surface area is 117 Å². The number of nitrogens with one attached hydrogen (secondary N) is 1. The molecule has 0 bridgehead atoms. The van der Waals surface area contributed by atoms with Crippen LogP contribution in [0, 0.1) is 11.8 Å². The summed E-state index contributed by atoms with van der Waals surface area (Å²) < 4.78 is 4.90. The van der Waals surface area contributed by atoms with Gasteiger partial charge in [0.05, 0.1) is 6.54 Å². The Bertz CT molecular complexity index is 522. The van der Waals surface area contributed by atoms with Gasteiger partial charge in [-0.1, -0.05) is 6.92 Å². The molecule has 5 heteroatoms. The van der Waals surface area contributed by atoms with E-state index in [1.165, 1.54) is 0 Å². The SMILES string of the molecule is CC(C(=O)Nc1ccc(N2CCOC2=O)cc1)C1CC1. The molecular weight excluding hydrogens is 256 g/mol. The van der Waals surface area contributed by atoms with Crippen LogP contribution in [0.25, 0.3) is 0 Å². The molecular formula is C15H18N2O3. The Kier molecular flexibility index (Phi) is 3.34. The summed E-state index contributed by atoms with van der Waals surface area (Å²) in [4.78, 5) is 25.0. The van der Waals surface area contributed by atoms with Crippen LogP contribution in [0.1, 0.15) is 19.8 Å². The molecule has 1 saturated carbocycles. The van der Waals surface area contributed by atoms with Crippen LogP contribution in [-0.2, 0) is 9.53 Å². The highest BCUT2D eigenvalue weighted by molar-refractivity contribution is 5.93. The smallest absolute Gasteiger partial charge is 0.414 e. The van der Waals surface area contributed by atoms with Crippen molar-refractivity contribution in [2.45, 2.75) is 19.8 Å². The number of benzene rings is 1. The van der Waals surface area contributed by atoms with Gasteiger partial charge in [-0.25, -0.2) is 4.79 Å². The molecule has 1 saturated heterocycles. The monoisotopic (exact) mass is 274 g/mol. The molecule has 1 aromatic rings. The van der Waals surface area contributed by atoms with Gasteiger partial charge < -0.3 is 10.1 Å². The quantitative estimate of drug-likeness (QED) is 0.918. The van der Waals surface area contributed by atoms with Gasteiger partial charge in [-0.15, -0.1) is 0 Å². The molecule has 3 rings (SSSR count). The molecule has 1 aliphatic heterocycles. The summed E-state index contributed by atoms with van der Waals surface area (Å²) in [5, 5.41) is 2.92. The fraction of sp³-hybridized carbons (Fsp3) is 0.467. The average molecular weight is 274 g/mol. The summed E-state index contributed by atoms with van der Waals surface area (Å²) in [6.45, 7) is 2.97. The van der Waals surface area contributed by atoms with Crippen molar-refractivity contribution in [2.24, 2.45) is 11.8 Å². The third-order valence-electron chi connectivity index (χ3n) is 3.95. The predicted molar refractivity (Wildman–Crippen MR) is 75.7 cm³/mol. The molecule has 2 aliphatic rings. The van der Waals surface area contributed by atoms with Crippen LogP contribution in [0.5, 0.6) is 0 Å². The van der Waals surface area contributed by atoms with Gasteiger partial charge >= 0.3 is 6.09 Å². The molecule has 5 nitrogen and oxygen atoms in total. The Hall–Kier alpha value is -2.04. The van der Waals surface area contributed by atoms with E-state index >= 15 is 0 Å². The maximum absolute atomic E-state index is 12.0. The number of cyclic esters (lactones) is 1. The van der Waals surface area contributed by atoms with Crippen molar-refractivity contribution in [3.8, 4) is 0 Å². The molecule has 1 aromatic carbocycles. The van der Waals surface area contributed by atoms with Gasteiger partial charge in [-0.3, -0.25) is 9.69 Å². The van der Waals surface area contributed by atoms with E-state index in [1.807, 2.05) is 31.2 Å². The minimum atomic E-state index is -0.316. The lowest BCUT2D eigenvalue weighted by Crippen LogP contribution is -2.23. The minimum absolute atomic E-state index is 0.0702. The summed E-state index contributed by atoms with van der Waals surface area (Å²) in [5.74, 6) is 0.692. The van der Waals surface area contributed by atoms with Crippen LogP contribution in [0.4, 0.5) is 16.2 Å². The number of amides is 2. The summed E-state index contributed by atoms with van der Waals surface area (Å²) in [6.07, 6.45) is 2.00. The van der Waals surface area contributed by atoms with Crippen LogP contribution < -0.4 is 10.2 Å². The Morgan fingerprint density at radius 1 is 1.35 bits per heavy atom. The first-order chi connectivity index (χ1) is 9.65. The van der Waals surface area contributed by atoms with Crippen molar-refractivity contribution < 1.29 is 14.3 Å². The number of carbonyl (C=O) groups excluding carboxylic acids is 2. The first kappa shape index (κ1) is 13.0. The number of rotatable bonds is 4. The van der Waals surface area contributed by atoms with E-state index in [0.29, 0.717) is 19.1 Å². The summed E-state index contributed by atoms with van der Waals surface area (Å²) in [6, 6.07) is 7.28. The van der Waals surface area contributed by atoms with Gasteiger partial charge in [0.2, 0.25) is 5.91 Å². The van der Waals surface area contributed by atoms with Crippen LogP contribution in [-0.4, -0.2) is 25.2 Å². The Morgan fingerprint density at radius 2 is 2.05 bits per heavy atom. The van der Waals surface area contributed by atoms with Crippen LogP contribution in [0.15, 0.2) is 24.3 Å². The number of hydrogen-bond donors (Lipinski definition) is 1. The molecule has 0 spiro atoms. The fourth-order valence-electron chi connectivity index (χ4n) is 2.42. The summed E-state index contributed by atoms with van der Waals surface area (Å²) in [7, 11) is 0. The average Bonchev–Trinajstić information content (AvgIpc) is 3.21. The van der Waals surface area contributed by atoms with E-state index in [-0.39, 0.29) is 17.9 Å². The molecule has 1 N–H and O–H groups in total. The molecule has 2 amide bonds. The minimum Gasteiger partial charge on any atom is -0.447 e. The van der Waals surface area contributed by atoms with E-state index < -0.39 is 0 Å². The van der Waals surface area contributed by atoms with E-state index in [4.69, 9.17) is 4.74 Å². The second-order valence-corrected chi connectivity index (χ2v) is 5.43. The van der Waals surface area contributed by atoms with E-state index in [1.54, 1.807) is 4.90 Å². The fourth-order valence-corrected chi connectivity index (χ4v) is 2.42. The highest BCUT2D eigenvalue weighted by atomic mass is 16.6. The predicted octanol–water partition coefficient (Wildman–Crippen LogP) is 2.63. The van der Waals surface area contributed by atoms with Gasteiger partial charge in [-0.05, 0) is 43.0 Å². The zero-order valence-corrected chi connectivity index (χ0v) is 11.5. The van der Waals surface area contributed by atoms with Gasteiger partial charge in [-0.2, -0.15) is 0 Å². The standard InChI is InChI=1S/C15H18N2O3/c1-10(11-2-3-11)14(18)16-12-4-6-13(7-5-12)17-8-9-20-15(17)19/h4-7,10-11H,2-3,8-9H2,1H3,(H,16,18). The van der Waals surface area contributed by atoms with E-state index in [0.717, 1.165) is 24.2 Å². The van der Waals surface area contributed by atoms with Gasteiger partial charge in [0.1, 0.15) is 6.61 Å². The molecule has 1 heterocycles. The van der Waals surface area contributed by atoms with Crippen molar-refractivity contribution in [1.82, 2.24) is 0 Å². The molecule has 0 aromatic heterocycles. The van der Waals surface area contributed by atoms with Crippen molar-refractivity contribution >= 4 is 23.4 Å². The molecule has 1 unspecified atom stereocenters. The van der Waals surface area contributed by atoms with Crippen molar-refractivity contribution in [3.05, 3.63) is 24.3 Å². The van der Waals surface area contributed by atoms with Crippen molar-refractivity contribution in [2.75, 3.05) is 23.4 Å². The van der Waals surface area contributed by atoms with E-state index in [9.17, 15) is 9.59 Å². The topological polar surface area (TPSA) is 58.6 Å². The van der Waals surface area contributed by atoms with E-state index in [2.05, 4.69) is 5.32 Å². The number of hydrogen-bond acceptors (Lipinski definition) is 3. The molecule has 106 valence electrons. The van der Waals surface area contributed by atoms with Gasteiger partial charge in [0, 0.05) is 17.3 Å².